The van der Waals surface area contributed by atoms with Gasteiger partial charge in [0.1, 0.15) is 0 Å². The molecule has 0 unspecified atom stereocenters. The second kappa shape index (κ2) is 8.28. The Balaban J connectivity index is 3.79. The Morgan fingerprint density at radius 3 is 2.75 bits per heavy atom. The summed E-state index contributed by atoms with van der Waals surface area (Å²) in [6.07, 6.45) is 8.86. The Kier molecular flexibility index (Phi) is 7.71. The van der Waals surface area contributed by atoms with Crippen molar-refractivity contribution in [1.29, 1.82) is 0 Å². The summed E-state index contributed by atoms with van der Waals surface area (Å²) < 4.78 is 5.38. The Labute approximate surface area is 75.4 Å². The fourth-order valence-electron chi connectivity index (χ4n) is 0.852. The van der Waals surface area contributed by atoms with E-state index >= 15 is 0 Å². The van der Waals surface area contributed by atoms with Gasteiger partial charge in [-0.1, -0.05) is 37.8 Å². The van der Waals surface area contributed by atoms with Gasteiger partial charge in [0.2, 0.25) is 0 Å². The third-order valence-electron chi connectivity index (χ3n) is 1.33. The monoisotopic (exact) mass is 166 g/mol. The Morgan fingerprint density at radius 2 is 2.25 bits per heavy atom. The molecule has 0 bridgehead atoms. The first-order chi connectivity index (χ1) is 5.85. The van der Waals surface area contributed by atoms with Crippen molar-refractivity contribution in [3.05, 3.63) is 36.5 Å². The highest BCUT2D eigenvalue weighted by molar-refractivity contribution is 5.22. The zero-order valence-electron chi connectivity index (χ0n) is 8.05. The summed E-state index contributed by atoms with van der Waals surface area (Å²) in [6, 6.07) is 0. The van der Waals surface area contributed by atoms with E-state index in [4.69, 9.17) is 4.74 Å². The van der Waals surface area contributed by atoms with Crippen LogP contribution in [0.5, 0.6) is 0 Å². The van der Waals surface area contributed by atoms with Gasteiger partial charge in [-0.05, 0) is 18.9 Å². The predicted octanol–water partition coefficient (Wildman–Crippen LogP) is 3.10. The quantitative estimate of drug-likeness (QED) is 0.435. The maximum Gasteiger partial charge on any atom is 0.0716 e. The van der Waals surface area contributed by atoms with Crippen molar-refractivity contribution in [2.75, 3.05) is 13.2 Å². The van der Waals surface area contributed by atoms with Gasteiger partial charge < -0.3 is 4.74 Å². The van der Waals surface area contributed by atoms with Crippen LogP contribution in [-0.4, -0.2) is 13.2 Å². The molecule has 0 spiro atoms. The number of hydrogen-bond acceptors (Lipinski definition) is 1. The summed E-state index contributed by atoms with van der Waals surface area (Å²) in [6.45, 7) is 9.26. The molecule has 0 aliphatic rings. The highest BCUT2D eigenvalue weighted by Crippen LogP contribution is 1.98. The predicted molar refractivity (Wildman–Crippen MR) is 54.2 cm³/mol. The normalized spacial score (nSPS) is 12.3. The zero-order chi connectivity index (χ0) is 9.23. The third-order valence-corrected chi connectivity index (χ3v) is 1.33. The molecule has 12 heavy (non-hydrogen) atoms. The first kappa shape index (κ1) is 11.2. The molecule has 1 nitrogen and oxygen atoms in total. The van der Waals surface area contributed by atoms with Crippen molar-refractivity contribution in [2.45, 2.75) is 20.3 Å². The van der Waals surface area contributed by atoms with E-state index in [0.29, 0.717) is 6.61 Å². The zero-order valence-corrected chi connectivity index (χ0v) is 8.05. The molecule has 0 aliphatic heterocycles. The third kappa shape index (κ3) is 5.93. The smallest absolute Gasteiger partial charge is 0.0716 e. The fourth-order valence-corrected chi connectivity index (χ4v) is 0.852. The lowest BCUT2D eigenvalue weighted by Gasteiger charge is -2.02. The van der Waals surface area contributed by atoms with E-state index in [-0.39, 0.29) is 0 Å². The molecule has 0 heterocycles. The van der Waals surface area contributed by atoms with Crippen LogP contribution in [0.15, 0.2) is 36.5 Å². The first-order valence-electron chi connectivity index (χ1n) is 4.37. The number of allylic oxidation sites excluding steroid dienone is 3. The lowest BCUT2D eigenvalue weighted by atomic mass is 10.2. The van der Waals surface area contributed by atoms with Crippen molar-refractivity contribution in [3.8, 4) is 0 Å². The van der Waals surface area contributed by atoms with Crippen LogP contribution in [0, 0.1) is 0 Å². The van der Waals surface area contributed by atoms with E-state index in [1.54, 1.807) is 6.08 Å². The molecule has 68 valence electrons. The summed E-state index contributed by atoms with van der Waals surface area (Å²) >= 11 is 0. The Morgan fingerprint density at radius 1 is 1.50 bits per heavy atom. The van der Waals surface area contributed by atoms with Gasteiger partial charge in [0.05, 0.1) is 6.61 Å². The standard InChI is InChI=1S/C11H18O/c1-4-7-11(8-5-2)10-12-9-6-3/h4-5,7-8H,1,6,9-10H2,2-3H3/b8-5-,11-7+. The van der Waals surface area contributed by atoms with Crippen molar-refractivity contribution in [2.24, 2.45) is 0 Å². The van der Waals surface area contributed by atoms with E-state index in [1.165, 1.54) is 5.57 Å². The maximum absolute atomic E-state index is 5.38. The molecule has 0 N–H and O–H groups in total. The van der Waals surface area contributed by atoms with E-state index in [0.717, 1.165) is 13.0 Å². The van der Waals surface area contributed by atoms with Crippen LogP contribution >= 0.6 is 0 Å². The molecule has 0 radical (unpaired) electrons. The van der Waals surface area contributed by atoms with Crippen LogP contribution in [0.25, 0.3) is 0 Å². The van der Waals surface area contributed by atoms with Crippen LogP contribution < -0.4 is 0 Å². The minimum Gasteiger partial charge on any atom is -0.377 e. The second-order valence-corrected chi connectivity index (χ2v) is 2.53. The number of rotatable bonds is 6. The molecule has 0 aromatic heterocycles. The Hall–Kier alpha value is -0.820. The van der Waals surface area contributed by atoms with Crippen LogP contribution in [-0.2, 0) is 4.74 Å². The molecular weight excluding hydrogens is 148 g/mol. The molecule has 0 aromatic carbocycles. The van der Waals surface area contributed by atoms with Gasteiger partial charge in [-0.3, -0.25) is 0 Å². The average Bonchev–Trinajstić information content (AvgIpc) is 2.06. The lowest BCUT2D eigenvalue weighted by molar-refractivity contribution is 0.158. The molecule has 1 heteroatoms. The first-order valence-corrected chi connectivity index (χ1v) is 4.37. The van der Waals surface area contributed by atoms with Crippen LogP contribution in [0.3, 0.4) is 0 Å². The summed E-state index contributed by atoms with van der Waals surface area (Å²) in [5, 5.41) is 0. The fraction of sp³-hybridized carbons (Fsp3) is 0.455. The van der Waals surface area contributed by atoms with Crippen molar-refractivity contribution in [1.82, 2.24) is 0 Å². The lowest BCUT2D eigenvalue weighted by Crippen LogP contribution is -1.97. The SMILES string of the molecule is C=C/C=C(\C=C/C)COCCC. The summed E-state index contributed by atoms with van der Waals surface area (Å²) in [5.74, 6) is 0. The van der Waals surface area contributed by atoms with Gasteiger partial charge in [-0.25, -0.2) is 0 Å². The van der Waals surface area contributed by atoms with Crippen LogP contribution in [0.2, 0.25) is 0 Å². The summed E-state index contributed by atoms with van der Waals surface area (Å²) in [5.41, 5.74) is 1.17. The van der Waals surface area contributed by atoms with E-state index in [1.807, 2.05) is 25.2 Å². The van der Waals surface area contributed by atoms with Crippen LogP contribution in [0.4, 0.5) is 0 Å². The summed E-state index contributed by atoms with van der Waals surface area (Å²) in [4.78, 5) is 0. The molecule has 0 fully saturated rings. The number of ether oxygens (including phenoxy) is 1. The molecule has 0 aliphatic carbocycles. The van der Waals surface area contributed by atoms with Gasteiger partial charge in [0, 0.05) is 6.61 Å². The molecule has 0 amide bonds. The maximum atomic E-state index is 5.38. The number of hydrogen-bond donors (Lipinski definition) is 0. The van der Waals surface area contributed by atoms with Crippen molar-refractivity contribution >= 4 is 0 Å². The van der Waals surface area contributed by atoms with E-state index in [2.05, 4.69) is 13.5 Å². The average molecular weight is 166 g/mol. The highest BCUT2D eigenvalue weighted by Gasteiger charge is 1.89. The molecule has 0 saturated carbocycles. The summed E-state index contributed by atoms with van der Waals surface area (Å²) in [7, 11) is 0. The van der Waals surface area contributed by atoms with Gasteiger partial charge in [-0.2, -0.15) is 0 Å². The highest BCUT2D eigenvalue weighted by atomic mass is 16.5. The molecule has 0 atom stereocenters. The van der Waals surface area contributed by atoms with Crippen LogP contribution in [0.1, 0.15) is 20.3 Å². The topological polar surface area (TPSA) is 9.23 Å². The second-order valence-electron chi connectivity index (χ2n) is 2.53. The Bertz CT molecular complexity index is 166. The molecule has 0 aromatic rings. The van der Waals surface area contributed by atoms with Crippen molar-refractivity contribution in [3.63, 3.8) is 0 Å². The van der Waals surface area contributed by atoms with Gasteiger partial charge >= 0.3 is 0 Å². The van der Waals surface area contributed by atoms with Crippen molar-refractivity contribution < 1.29 is 4.74 Å². The minimum atomic E-state index is 0.685. The molecule has 0 saturated heterocycles. The van der Waals surface area contributed by atoms with Gasteiger partial charge in [-0.15, -0.1) is 0 Å². The molecular formula is C11H18O. The van der Waals surface area contributed by atoms with Gasteiger partial charge in [0.25, 0.3) is 0 Å². The molecule has 0 rings (SSSR count). The van der Waals surface area contributed by atoms with E-state index in [9.17, 15) is 0 Å². The van der Waals surface area contributed by atoms with E-state index < -0.39 is 0 Å². The van der Waals surface area contributed by atoms with Gasteiger partial charge in [0.15, 0.2) is 0 Å². The minimum absolute atomic E-state index is 0.685. The largest absolute Gasteiger partial charge is 0.377 e.